The average molecular weight is 362 g/mol. The van der Waals surface area contributed by atoms with Gasteiger partial charge in [-0.1, -0.05) is 34.1 Å². The lowest BCUT2D eigenvalue weighted by Crippen LogP contribution is -2.26. The summed E-state index contributed by atoms with van der Waals surface area (Å²) in [6.45, 7) is 2.84. The lowest BCUT2D eigenvalue weighted by atomic mass is 10.0. The molecule has 1 aromatic rings. The predicted molar refractivity (Wildman–Crippen MR) is 88.1 cm³/mol. The maximum absolute atomic E-state index is 12.1. The molecular weight excluding hydrogens is 340 g/mol. The molecule has 0 saturated carbocycles. The van der Waals surface area contributed by atoms with Crippen LogP contribution < -0.4 is 5.32 Å². The van der Waals surface area contributed by atoms with Crippen LogP contribution in [0.1, 0.15) is 24.8 Å². The maximum Gasteiger partial charge on any atom is 0.222 e. The van der Waals surface area contributed by atoms with Crippen LogP contribution in [-0.4, -0.2) is 30.9 Å². The molecule has 0 aromatic heterocycles. The van der Waals surface area contributed by atoms with Gasteiger partial charge in [0.05, 0.1) is 0 Å². The molecule has 0 aliphatic carbocycles. The van der Waals surface area contributed by atoms with Crippen LogP contribution in [-0.2, 0) is 11.3 Å². The highest BCUT2D eigenvalue weighted by Gasteiger charge is 2.17. The molecule has 1 N–H and O–H groups in total. The maximum atomic E-state index is 12.1. The highest BCUT2D eigenvalue weighted by atomic mass is 79.9. The first-order valence-corrected chi connectivity index (χ1v) is 7.64. The van der Waals surface area contributed by atoms with Gasteiger partial charge in [-0.3, -0.25) is 4.79 Å². The van der Waals surface area contributed by atoms with Gasteiger partial charge in [-0.2, -0.15) is 0 Å². The smallest absolute Gasteiger partial charge is 0.222 e. The van der Waals surface area contributed by atoms with Gasteiger partial charge < -0.3 is 10.2 Å². The fraction of sp³-hybridized carbons (Fsp3) is 0.533. The van der Waals surface area contributed by atoms with E-state index in [9.17, 15) is 4.79 Å². The summed E-state index contributed by atoms with van der Waals surface area (Å²) in [5.41, 5.74) is 1.15. The molecule has 0 radical (unpaired) electrons. The minimum Gasteiger partial charge on any atom is -0.341 e. The van der Waals surface area contributed by atoms with E-state index in [1.807, 2.05) is 30.1 Å². The molecular formula is C15H22BrClN2O. The van der Waals surface area contributed by atoms with Gasteiger partial charge in [0.25, 0.3) is 0 Å². The van der Waals surface area contributed by atoms with Crippen LogP contribution in [0.15, 0.2) is 28.7 Å². The molecule has 20 heavy (non-hydrogen) atoms. The summed E-state index contributed by atoms with van der Waals surface area (Å²) in [6, 6.07) is 8.05. The summed E-state index contributed by atoms with van der Waals surface area (Å²) >= 11 is 3.52. The van der Waals surface area contributed by atoms with E-state index in [0.29, 0.717) is 18.9 Å². The van der Waals surface area contributed by atoms with Crippen LogP contribution in [0.5, 0.6) is 0 Å². The number of nitrogens with one attached hydrogen (secondary N) is 1. The Labute approximate surface area is 135 Å². The lowest BCUT2D eigenvalue weighted by Gasteiger charge is -2.19. The van der Waals surface area contributed by atoms with Crippen LogP contribution in [0.25, 0.3) is 0 Å². The van der Waals surface area contributed by atoms with Crippen molar-refractivity contribution in [2.75, 3.05) is 20.1 Å². The van der Waals surface area contributed by atoms with Gasteiger partial charge in [0.2, 0.25) is 5.91 Å². The Bertz CT molecular complexity index is 436. The molecule has 2 rings (SSSR count). The number of hydrogen-bond donors (Lipinski definition) is 1. The average Bonchev–Trinajstić information content (AvgIpc) is 2.91. The molecule has 1 unspecified atom stereocenters. The number of nitrogens with zero attached hydrogens (tertiary/aromatic N) is 1. The van der Waals surface area contributed by atoms with Gasteiger partial charge in [0, 0.05) is 24.5 Å². The fourth-order valence-electron chi connectivity index (χ4n) is 2.45. The third kappa shape index (κ3) is 5.08. The van der Waals surface area contributed by atoms with Gasteiger partial charge in [0.1, 0.15) is 0 Å². The third-order valence-corrected chi connectivity index (χ3v) is 4.49. The Morgan fingerprint density at radius 1 is 1.45 bits per heavy atom. The molecule has 3 nitrogen and oxygen atoms in total. The monoisotopic (exact) mass is 360 g/mol. The SMILES string of the molecule is CN(Cc1ccccc1Br)C(=O)CCC1CCNC1.Cl. The first-order chi connectivity index (χ1) is 9.16. The molecule has 1 amide bonds. The molecule has 1 fully saturated rings. The second-order valence-electron chi connectivity index (χ2n) is 5.24. The Balaban J connectivity index is 0.00000200. The summed E-state index contributed by atoms with van der Waals surface area (Å²) in [4.78, 5) is 13.9. The van der Waals surface area contributed by atoms with Gasteiger partial charge in [0.15, 0.2) is 0 Å². The fourth-order valence-corrected chi connectivity index (χ4v) is 2.86. The van der Waals surface area contributed by atoms with Crippen LogP contribution in [0, 0.1) is 5.92 Å². The van der Waals surface area contributed by atoms with E-state index < -0.39 is 0 Å². The number of amides is 1. The van der Waals surface area contributed by atoms with Gasteiger partial charge >= 0.3 is 0 Å². The first-order valence-electron chi connectivity index (χ1n) is 6.85. The topological polar surface area (TPSA) is 32.3 Å². The van der Waals surface area contributed by atoms with E-state index in [0.717, 1.165) is 29.5 Å². The quantitative estimate of drug-likeness (QED) is 0.873. The van der Waals surface area contributed by atoms with Crippen LogP contribution in [0.4, 0.5) is 0 Å². The standard InChI is InChI=1S/C15H21BrN2O.ClH/c1-18(11-13-4-2-3-5-14(13)16)15(19)7-6-12-8-9-17-10-12;/h2-5,12,17H,6-11H2,1H3;1H. The first kappa shape index (κ1) is 17.5. The minimum absolute atomic E-state index is 0. The molecule has 1 saturated heterocycles. The summed E-state index contributed by atoms with van der Waals surface area (Å²) < 4.78 is 1.06. The van der Waals surface area contributed by atoms with Crippen molar-refractivity contribution in [2.24, 2.45) is 5.92 Å². The predicted octanol–water partition coefficient (Wildman–Crippen LogP) is 3.22. The summed E-state index contributed by atoms with van der Waals surface area (Å²) in [5.74, 6) is 0.920. The van der Waals surface area contributed by atoms with Crippen molar-refractivity contribution < 1.29 is 4.79 Å². The van der Waals surface area contributed by atoms with E-state index in [2.05, 4.69) is 27.3 Å². The third-order valence-electron chi connectivity index (χ3n) is 3.72. The Hall–Kier alpha value is -0.580. The Morgan fingerprint density at radius 2 is 2.20 bits per heavy atom. The second-order valence-corrected chi connectivity index (χ2v) is 6.09. The summed E-state index contributed by atoms with van der Waals surface area (Å²) in [6.07, 6.45) is 2.88. The van der Waals surface area contributed by atoms with Crippen molar-refractivity contribution in [3.63, 3.8) is 0 Å². The van der Waals surface area contributed by atoms with Crippen molar-refractivity contribution in [3.05, 3.63) is 34.3 Å². The normalized spacial score (nSPS) is 17.6. The molecule has 112 valence electrons. The lowest BCUT2D eigenvalue weighted by molar-refractivity contribution is -0.130. The largest absolute Gasteiger partial charge is 0.341 e. The highest BCUT2D eigenvalue weighted by Crippen LogP contribution is 2.19. The zero-order valence-electron chi connectivity index (χ0n) is 11.8. The van der Waals surface area contributed by atoms with E-state index in [1.54, 1.807) is 0 Å². The number of hydrogen-bond acceptors (Lipinski definition) is 2. The molecule has 1 atom stereocenters. The van der Waals surface area contributed by atoms with Gasteiger partial charge in [-0.25, -0.2) is 0 Å². The molecule has 0 bridgehead atoms. The zero-order chi connectivity index (χ0) is 13.7. The number of carbonyl (C=O) groups is 1. The Morgan fingerprint density at radius 3 is 2.85 bits per heavy atom. The van der Waals surface area contributed by atoms with Crippen LogP contribution in [0.3, 0.4) is 0 Å². The van der Waals surface area contributed by atoms with Gasteiger partial charge in [-0.05, 0) is 43.5 Å². The van der Waals surface area contributed by atoms with Crippen molar-refractivity contribution in [1.82, 2.24) is 10.2 Å². The number of rotatable bonds is 5. The zero-order valence-corrected chi connectivity index (χ0v) is 14.2. The number of carbonyl (C=O) groups excluding carboxylic acids is 1. The number of halogens is 2. The van der Waals surface area contributed by atoms with E-state index in [4.69, 9.17) is 0 Å². The van der Waals surface area contributed by atoms with Crippen molar-refractivity contribution in [1.29, 1.82) is 0 Å². The molecule has 1 aliphatic heterocycles. The molecule has 1 heterocycles. The molecule has 0 spiro atoms. The van der Waals surface area contributed by atoms with E-state index in [1.165, 1.54) is 6.42 Å². The molecule has 5 heteroatoms. The van der Waals surface area contributed by atoms with E-state index >= 15 is 0 Å². The summed E-state index contributed by atoms with van der Waals surface area (Å²) in [5, 5.41) is 3.34. The highest BCUT2D eigenvalue weighted by molar-refractivity contribution is 9.10. The van der Waals surface area contributed by atoms with Crippen LogP contribution >= 0.6 is 28.3 Å². The molecule has 1 aromatic carbocycles. The van der Waals surface area contributed by atoms with Crippen molar-refractivity contribution in [3.8, 4) is 0 Å². The van der Waals surface area contributed by atoms with Crippen molar-refractivity contribution in [2.45, 2.75) is 25.8 Å². The molecule has 1 aliphatic rings. The number of benzene rings is 1. The Kier molecular flexibility index (Phi) is 7.56. The van der Waals surface area contributed by atoms with Crippen LogP contribution in [0.2, 0.25) is 0 Å². The minimum atomic E-state index is 0. The van der Waals surface area contributed by atoms with E-state index in [-0.39, 0.29) is 18.3 Å². The van der Waals surface area contributed by atoms with Crippen molar-refractivity contribution >= 4 is 34.2 Å². The summed E-state index contributed by atoms with van der Waals surface area (Å²) in [7, 11) is 1.88. The van der Waals surface area contributed by atoms with Gasteiger partial charge in [-0.15, -0.1) is 12.4 Å². The second kappa shape index (κ2) is 8.65.